The van der Waals surface area contributed by atoms with E-state index in [1.807, 2.05) is 30.3 Å². The Morgan fingerprint density at radius 1 is 1.24 bits per heavy atom. The van der Waals surface area contributed by atoms with Gasteiger partial charge in [0.2, 0.25) is 0 Å². The van der Waals surface area contributed by atoms with Crippen LogP contribution in [-0.4, -0.2) is 35.8 Å². The number of carbonyl (C=O) groups is 1. The molecule has 0 saturated carbocycles. The molecule has 1 fully saturated rings. The van der Waals surface area contributed by atoms with E-state index in [0.29, 0.717) is 6.54 Å². The first-order valence-corrected chi connectivity index (χ1v) is 12.4. The highest BCUT2D eigenvalue weighted by Gasteiger charge is 2.34. The number of fused-ring (bicyclic) bond motifs is 2. The predicted octanol–water partition coefficient (Wildman–Crippen LogP) is 4.57. The van der Waals surface area contributed by atoms with Crippen LogP contribution in [0.3, 0.4) is 0 Å². The van der Waals surface area contributed by atoms with Gasteiger partial charge in [0, 0.05) is 18.3 Å². The Kier molecular flexibility index (Phi) is 7.55. The Hall–Kier alpha value is -2.58. The molecule has 3 N–H and O–H groups in total. The zero-order chi connectivity index (χ0) is 23.4. The highest BCUT2D eigenvalue weighted by molar-refractivity contribution is 7.36. The molecule has 0 radical (unpaired) electrons. The molecule has 0 bridgehead atoms. The Bertz CT molecular complexity index is 1020. The third-order valence-electron chi connectivity index (χ3n) is 5.56. The lowest BCUT2D eigenvalue weighted by atomic mass is 10.0. The second-order valence-corrected chi connectivity index (χ2v) is 9.50. The molecular formula is C23H30N4O5P+. The number of esters is 1. The summed E-state index contributed by atoms with van der Waals surface area (Å²) < 4.78 is 29.0. The summed E-state index contributed by atoms with van der Waals surface area (Å²) in [5.41, 5.74) is 4.18. The van der Waals surface area contributed by atoms with Crippen LogP contribution < -0.4 is 15.7 Å². The number of nitrogens with zero attached hydrogens (tertiary/aromatic N) is 1. The number of hydrogen-bond acceptors (Lipinski definition) is 8. The Morgan fingerprint density at radius 3 is 2.82 bits per heavy atom. The smallest absolute Gasteiger partial charge is 0.462 e. The molecule has 2 aliphatic heterocycles. The fourth-order valence-corrected chi connectivity index (χ4v) is 4.75. The molecule has 4 rings (SSSR count). The molecule has 33 heavy (non-hydrogen) atoms. The number of para-hydroxylation sites is 2. The molecule has 4 atom stereocenters. The van der Waals surface area contributed by atoms with E-state index in [1.165, 1.54) is 0 Å². The Labute approximate surface area is 194 Å². The summed E-state index contributed by atoms with van der Waals surface area (Å²) >= 11 is 0. The fraction of sp³-hybridized carbons (Fsp3) is 0.478. The number of anilines is 3. The zero-order valence-electron chi connectivity index (χ0n) is 19.0. The largest absolute Gasteiger partial charge is 0.613 e. The van der Waals surface area contributed by atoms with Crippen LogP contribution in [0.5, 0.6) is 0 Å². The van der Waals surface area contributed by atoms with Crippen LogP contribution in [0.15, 0.2) is 36.5 Å². The minimum atomic E-state index is -2.21. The van der Waals surface area contributed by atoms with Gasteiger partial charge in [0.05, 0.1) is 29.7 Å². The van der Waals surface area contributed by atoms with Gasteiger partial charge in [-0.15, -0.1) is 4.52 Å². The Balaban J connectivity index is 1.32. The van der Waals surface area contributed by atoms with Crippen LogP contribution >= 0.6 is 8.18 Å². The molecule has 1 aromatic heterocycles. The summed E-state index contributed by atoms with van der Waals surface area (Å²) in [6, 6.07) is 9.31. The van der Waals surface area contributed by atoms with Crippen LogP contribution in [0.4, 0.5) is 17.2 Å². The van der Waals surface area contributed by atoms with Crippen LogP contribution in [0.25, 0.3) is 0 Å². The van der Waals surface area contributed by atoms with Crippen LogP contribution in [0, 0.1) is 0 Å². The normalized spacial score (nSPS) is 20.7. The number of hydrogen-bond donors (Lipinski definition) is 3. The summed E-state index contributed by atoms with van der Waals surface area (Å²) in [7, 11) is -2.21. The number of rotatable bonds is 8. The zero-order valence-corrected chi connectivity index (χ0v) is 19.9. The minimum absolute atomic E-state index is 0.0917. The third-order valence-corrected chi connectivity index (χ3v) is 6.55. The number of nitrogens with one attached hydrogen (secondary N) is 3. The quantitative estimate of drug-likeness (QED) is 0.375. The van der Waals surface area contributed by atoms with Gasteiger partial charge >= 0.3 is 14.1 Å². The molecule has 0 aliphatic carbocycles. The SMILES string of the molecule is CC(C)OC(=O)C(C)N[P+](=O)OCC1CCC(c2ccnc3c2CNc2ccccc2N3)O1. The number of ether oxygens (including phenoxy) is 2. The van der Waals surface area contributed by atoms with E-state index in [9.17, 15) is 9.36 Å². The van der Waals surface area contributed by atoms with Crippen molar-refractivity contribution >= 4 is 31.3 Å². The molecule has 0 spiro atoms. The predicted molar refractivity (Wildman–Crippen MR) is 126 cm³/mol. The van der Waals surface area contributed by atoms with Crippen LogP contribution in [0.2, 0.25) is 0 Å². The molecule has 9 nitrogen and oxygen atoms in total. The van der Waals surface area contributed by atoms with Gasteiger partial charge in [-0.2, -0.15) is 0 Å². The highest BCUT2D eigenvalue weighted by Crippen LogP contribution is 2.39. The van der Waals surface area contributed by atoms with E-state index < -0.39 is 20.2 Å². The van der Waals surface area contributed by atoms with Gasteiger partial charge in [-0.3, -0.25) is 4.79 Å². The number of aromatic nitrogens is 1. The number of pyridine rings is 1. The first kappa shape index (κ1) is 23.6. The lowest BCUT2D eigenvalue weighted by Gasteiger charge is -2.18. The van der Waals surface area contributed by atoms with Gasteiger partial charge in [-0.05, 0) is 61.9 Å². The summed E-state index contributed by atoms with van der Waals surface area (Å²) in [5.74, 6) is 0.361. The lowest BCUT2D eigenvalue weighted by Crippen LogP contribution is -2.33. The monoisotopic (exact) mass is 473 g/mol. The van der Waals surface area contributed by atoms with Crippen molar-refractivity contribution in [3.05, 3.63) is 47.7 Å². The molecule has 2 aliphatic rings. The molecule has 2 aromatic rings. The van der Waals surface area contributed by atoms with Crippen molar-refractivity contribution in [1.29, 1.82) is 0 Å². The third kappa shape index (κ3) is 5.86. The van der Waals surface area contributed by atoms with E-state index in [1.54, 1.807) is 27.0 Å². The maximum absolute atomic E-state index is 12.2. The second-order valence-electron chi connectivity index (χ2n) is 8.46. The van der Waals surface area contributed by atoms with Gasteiger partial charge in [0.15, 0.2) is 0 Å². The van der Waals surface area contributed by atoms with Gasteiger partial charge in [0.1, 0.15) is 18.5 Å². The van der Waals surface area contributed by atoms with Crippen molar-refractivity contribution in [1.82, 2.24) is 10.1 Å². The molecule has 10 heteroatoms. The summed E-state index contributed by atoms with van der Waals surface area (Å²) in [6.45, 7) is 5.95. The van der Waals surface area contributed by atoms with Crippen LogP contribution in [-0.2, 0) is 29.9 Å². The van der Waals surface area contributed by atoms with Crippen molar-refractivity contribution in [3.8, 4) is 0 Å². The molecule has 1 aromatic carbocycles. The van der Waals surface area contributed by atoms with E-state index in [0.717, 1.165) is 41.2 Å². The lowest BCUT2D eigenvalue weighted by molar-refractivity contribution is -0.149. The maximum Gasteiger partial charge on any atom is 0.613 e. The van der Waals surface area contributed by atoms with Crippen molar-refractivity contribution < 1.29 is 23.4 Å². The van der Waals surface area contributed by atoms with Crippen molar-refractivity contribution in [2.75, 3.05) is 17.2 Å². The highest BCUT2D eigenvalue weighted by atomic mass is 31.1. The van der Waals surface area contributed by atoms with Crippen molar-refractivity contribution in [3.63, 3.8) is 0 Å². The van der Waals surface area contributed by atoms with E-state index in [2.05, 4.69) is 20.7 Å². The average molecular weight is 473 g/mol. The topological polar surface area (TPSA) is 111 Å². The first-order chi connectivity index (χ1) is 15.9. The maximum atomic E-state index is 12.2. The Morgan fingerprint density at radius 2 is 2.03 bits per heavy atom. The molecule has 3 heterocycles. The van der Waals surface area contributed by atoms with E-state index in [-0.39, 0.29) is 24.9 Å². The van der Waals surface area contributed by atoms with Crippen molar-refractivity contribution in [2.24, 2.45) is 0 Å². The minimum Gasteiger partial charge on any atom is -0.462 e. The average Bonchev–Trinajstić information content (AvgIpc) is 3.17. The molecule has 1 saturated heterocycles. The van der Waals surface area contributed by atoms with E-state index >= 15 is 0 Å². The van der Waals surface area contributed by atoms with Crippen LogP contribution in [0.1, 0.15) is 50.8 Å². The van der Waals surface area contributed by atoms with Gasteiger partial charge in [0.25, 0.3) is 0 Å². The second kappa shape index (κ2) is 10.6. The molecular weight excluding hydrogens is 443 g/mol. The summed E-state index contributed by atoms with van der Waals surface area (Å²) in [4.78, 5) is 16.4. The number of benzene rings is 1. The number of carbonyl (C=O) groups excluding carboxylic acids is 1. The molecule has 0 amide bonds. The van der Waals surface area contributed by atoms with Gasteiger partial charge < -0.3 is 20.1 Å². The standard InChI is InChI=1S/C23H30N4O5P/c1-14(2)31-23(28)15(3)27-33(29)30-13-16-8-9-21(32-16)17-10-11-24-22-18(17)12-25-19-6-4-5-7-20(19)26-22/h4-7,10-11,14-16,21,25H,8-9,12-13H2,1-3H3,(H,24,26)(H,27,29)/q+1. The molecule has 176 valence electrons. The van der Waals surface area contributed by atoms with Gasteiger partial charge in [-0.1, -0.05) is 17.2 Å². The summed E-state index contributed by atoms with van der Waals surface area (Å²) in [6.07, 6.45) is 2.91. The van der Waals surface area contributed by atoms with Crippen molar-refractivity contribution in [2.45, 2.75) is 64.5 Å². The van der Waals surface area contributed by atoms with Gasteiger partial charge in [-0.25, -0.2) is 4.98 Å². The summed E-state index contributed by atoms with van der Waals surface area (Å²) in [5, 5.41) is 9.53. The first-order valence-electron chi connectivity index (χ1n) is 11.2. The van der Waals surface area contributed by atoms with E-state index in [4.69, 9.17) is 14.0 Å². The molecule has 4 unspecified atom stereocenters. The fourth-order valence-electron chi connectivity index (χ4n) is 3.95.